The Balaban J connectivity index is 2.21. The van der Waals surface area contributed by atoms with Crippen molar-refractivity contribution in [3.63, 3.8) is 0 Å². The van der Waals surface area contributed by atoms with E-state index in [1.54, 1.807) is 0 Å². The molecule has 0 saturated carbocycles. The first-order valence-corrected chi connectivity index (χ1v) is 6.15. The van der Waals surface area contributed by atoms with Crippen molar-refractivity contribution in [2.24, 2.45) is 0 Å². The van der Waals surface area contributed by atoms with Gasteiger partial charge in [0.15, 0.2) is 0 Å². The molecular formula is C14H20N2. The summed E-state index contributed by atoms with van der Waals surface area (Å²) in [5, 5.41) is 0. The molecule has 1 aromatic heterocycles. The summed E-state index contributed by atoms with van der Waals surface area (Å²) in [7, 11) is 0. The molecule has 0 atom stereocenters. The summed E-state index contributed by atoms with van der Waals surface area (Å²) in [4.78, 5) is 6.99. The van der Waals surface area contributed by atoms with Crippen LogP contribution in [0.2, 0.25) is 0 Å². The summed E-state index contributed by atoms with van der Waals surface area (Å²) in [6.45, 7) is 8.22. The SMILES string of the molecule is C=Cc1cnc(N2CCCCCC2)c(C)c1. The Kier molecular flexibility index (Phi) is 3.60. The molecule has 2 nitrogen and oxygen atoms in total. The largest absolute Gasteiger partial charge is 0.356 e. The highest BCUT2D eigenvalue weighted by molar-refractivity contribution is 5.54. The first-order chi connectivity index (χ1) is 7.81. The van der Waals surface area contributed by atoms with Gasteiger partial charge in [-0.15, -0.1) is 0 Å². The first-order valence-electron chi connectivity index (χ1n) is 6.15. The van der Waals surface area contributed by atoms with Crippen molar-refractivity contribution in [3.05, 3.63) is 30.0 Å². The molecule has 0 bridgehead atoms. The van der Waals surface area contributed by atoms with Crippen LogP contribution in [0.1, 0.15) is 36.8 Å². The number of pyridine rings is 1. The van der Waals surface area contributed by atoms with Crippen molar-refractivity contribution in [2.45, 2.75) is 32.6 Å². The molecule has 2 heterocycles. The number of anilines is 1. The Labute approximate surface area is 98.0 Å². The van der Waals surface area contributed by atoms with E-state index in [9.17, 15) is 0 Å². The van der Waals surface area contributed by atoms with E-state index < -0.39 is 0 Å². The third-order valence-corrected chi connectivity index (χ3v) is 3.21. The van der Waals surface area contributed by atoms with Crippen LogP contribution in [0.3, 0.4) is 0 Å². The van der Waals surface area contributed by atoms with Crippen LogP contribution < -0.4 is 4.90 Å². The average molecular weight is 216 g/mol. The zero-order valence-corrected chi connectivity index (χ0v) is 10.1. The predicted octanol–water partition coefficient (Wildman–Crippen LogP) is 3.41. The fourth-order valence-corrected chi connectivity index (χ4v) is 2.31. The van der Waals surface area contributed by atoms with Gasteiger partial charge in [0.05, 0.1) is 0 Å². The van der Waals surface area contributed by atoms with Gasteiger partial charge < -0.3 is 4.90 Å². The normalized spacial score (nSPS) is 16.9. The monoisotopic (exact) mass is 216 g/mol. The molecule has 0 aliphatic carbocycles. The van der Waals surface area contributed by atoms with E-state index in [1.807, 2.05) is 12.3 Å². The Morgan fingerprint density at radius 3 is 2.50 bits per heavy atom. The number of aryl methyl sites for hydroxylation is 1. The third kappa shape index (κ3) is 2.43. The molecule has 16 heavy (non-hydrogen) atoms. The zero-order chi connectivity index (χ0) is 11.4. The van der Waals surface area contributed by atoms with Gasteiger partial charge in [-0.3, -0.25) is 0 Å². The number of aromatic nitrogens is 1. The average Bonchev–Trinajstić information content (AvgIpc) is 2.57. The topological polar surface area (TPSA) is 16.1 Å². The summed E-state index contributed by atoms with van der Waals surface area (Å²) < 4.78 is 0. The van der Waals surface area contributed by atoms with E-state index in [2.05, 4.69) is 29.5 Å². The summed E-state index contributed by atoms with van der Waals surface area (Å²) in [5.74, 6) is 1.16. The van der Waals surface area contributed by atoms with Gasteiger partial charge in [-0.25, -0.2) is 4.98 Å². The van der Waals surface area contributed by atoms with Crippen molar-refractivity contribution in [1.82, 2.24) is 4.98 Å². The molecule has 1 saturated heterocycles. The van der Waals surface area contributed by atoms with Crippen LogP contribution in [0.5, 0.6) is 0 Å². The minimum atomic E-state index is 1.11. The van der Waals surface area contributed by atoms with Crippen molar-refractivity contribution in [3.8, 4) is 0 Å². The summed E-state index contributed by atoms with van der Waals surface area (Å²) in [6, 6.07) is 2.17. The highest BCUT2D eigenvalue weighted by Gasteiger charge is 2.12. The van der Waals surface area contributed by atoms with Gasteiger partial charge in [0, 0.05) is 19.3 Å². The minimum absolute atomic E-state index is 1.11. The number of hydrogen-bond donors (Lipinski definition) is 0. The number of hydrogen-bond acceptors (Lipinski definition) is 2. The minimum Gasteiger partial charge on any atom is -0.356 e. The van der Waals surface area contributed by atoms with Crippen molar-refractivity contribution in [2.75, 3.05) is 18.0 Å². The van der Waals surface area contributed by atoms with E-state index in [-0.39, 0.29) is 0 Å². The first kappa shape index (κ1) is 11.2. The van der Waals surface area contributed by atoms with Gasteiger partial charge in [0.2, 0.25) is 0 Å². The Hall–Kier alpha value is -1.31. The molecular weight excluding hydrogens is 196 g/mol. The van der Waals surface area contributed by atoms with E-state index in [0.717, 1.165) is 24.5 Å². The Morgan fingerprint density at radius 1 is 1.25 bits per heavy atom. The van der Waals surface area contributed by atoms with Crippen LogP contribution in [0, 0.1) is 6.92 Å². The van der Waals surface area contributed by atoms with Gasteiger partial charge in [-0.1, -0.05) is 25.5 Å². The van der Waals surface area contributed by atoms with Gasteiger partial charge in [0.1, 0.15) is 5.82 Å². The number of nitrogens with zero attached hydrogens (tertiary/aromatic N) is 2. The molecule has 1 aliphatic heterocycles. The van der Waals surface area contributed by atoms with Crippen LogP contribution in [-0.4, -0.2) is 18.1 Å². The lowest BCUT2D eigenvalue weighted by molar-refractivity contribution is 0.726. The lowest BCUT2D eigenvalue weighted by Crippen LogP contribution is -2.25. The Bertz CT molecular complexity index is 363. The molecule has 0 unspecified atom stereocenters. The maximum atomic E-state index is 4.57. The second kappa shape index (κ2) is 5.15. The predicted molar refractivity (Wildman–Crippen MR) is 69.7 cm³/mol. The maximum Gasteiger partial charge on any atom is 0.131 e. The van der Waals surface area contributed by atoms with Crippen molar-refractivity contribution < 1.29 is 0 Å². The third-order valence-electron chi connectivity index (χ3n) is 3.21. The standard InChI is InChI=1S/C14H20N2/c1-3-13-10-12(2)14(15-11-13)16-8-6-4-5-7-9-16/h3,10-11H,1,4-9H2,2H3. The van der Waals surface area contributed by atoms with Gasteiger partial charge in [0.25, 0.3) is 0 Å². The summed E-state index contributed by atoms with van der Waals surface area (Å²) in [6.07, 6.45) is 9.08. The molecule has 1 aliphatic rings. The second-order valence-corrected chi connectivity index (χ2v) is 4.51. The van der Waals surface area contributed by atoms with Crippen LogP contribution in [-0.2, 0) is 0 Å². The molecule has 0 N–H and O–H groups in total. The molecule has 0 radical (unpaired) electrons. The van der Waals surface area contributed by atoms with Crippen LogP contribution in [0.15, 0.2) is 18.8 Å². The van der Waals surface area contributed by atoms with Gasteiger partial charge >= 0.3 is 0 Å². The van der Waals surface area contributed by atoms with E-state index >= 15 is 0 Å². The highest BCUT2D eigenvalue weighted by atomic mass is 15.2. The molecule has 1 aromatic rings. The van der Waals surface area contributed by atoms with Gasteiger partial charge in [-0.05, 0) is 37.0 Å². The highest BCUT2D eigenvalue weighted by Crippen LogP contribution is 2.21. The maximum absolute atomic E-state index is 4.57. The lowest BCUT2D eigenvalue weighted by atomic mass is 10.2. The van der Waals surface area contributed by atoms with E-state index in [4.69, 9.17) is 0 Å². The van der Waals surface area contributed by atoms with E-state index in [0.29, 0.717) is 0 Å². The quantitative estimate of drug-likeness (QED) is 0.753. The number of rotatable bonds is 2. The van der Waals surface area contributed by atoms with Crippen molar-refractivity contribution in [1.29, 1.82) is 0 Å². The van der Waals surface area contributed by atoms with Crippen molar-refractivity contribution >= 4 is 11.9 Å². The lowest BCUT2D eigenvalue weighted by Gasteiger charge is -2.23. The van der Waals surface area contributed by atoms with Crippen LogP contribution >= 0.6 is 0 Å². The summed E-state index contributed by atoms with van der Waals surface area (Å²) in [5.41, 5.74) is 2.37. The smallest absolute Gasteiger partial charge is 0.131 e. The molecule has 0 aromatic carbocycles. The molecule has 0 spiro atoms. The van der Waals surface area contributed by atoms with Crippen LogP contribution in [0.4, 0.5) is 5.82 Å². The summed E-state index contributed by atoms with van der Waals surface area (Å²) >= 11 is 0. The molecule has 86 valence electrons. The zero-order valence-electron chi connectivity index (χ0n) is 10.1. The molecule has 2 rings (SSSR count). The van der Waals surface area contributed by atoms with Gasteiger partial charge in [-0.2, -0.15) is 0 Å². The van der Waals surface area contributed by atoms with E-state index in [1.165, 1.54) is 31.2 Å². The molecule has 2 heteroatoms. The second-order valence-electron chi connectivity index (χ2n) is 4.51. The molecule has 1 fully saturated rings. The fourth-order valence-electron chi connectivity index (χ4n) is 2.31. The Morgan fingerprint density at radius 2 is 1.94 bits per heavy atom. The fraction of sp³-hybridized carbons (Fsp3) is 0.500. The molecule has 0 amide bonds. The van der Waals surface area contributed by atoms with Crippen LogP contribution in [0.25, 0.3) is 6.08 Å².